The first kappa shape index (κ1) is 18.3. The average molecular weight is 394 g/mol. The molecular weight excluding hydrogens is 374 g/mol. The van der Waals surface area contributed by atoms with Crippen LogP contribution in [-0.2, 0) is 4.79 Å². The zero-order valence-electron chi connectivity index (χ0n) is 13.6. The Morgan fingerprint density at radius 2 is 1.88 bits per heavy atom. The largest absolute Gasteiger partial charge is 0.497 e. The molecule has 0 aliphatic carbocycles. The van der Waals surface area contributed by atoms with Gasteiger partial charge in [-0.05, 0) is 42.8 Å². The third kappa shape index (κ3) is 4.97. The molecule has 0 bridgehead atoms. The number of ether oxygens (including phenoxy) is 2. The number of aliphatic hydroxyl groups excluding tert-OH is 1. The number of hydrogen-bond donors (Lipinski definition) is 2. The lowest BCUT2D eigenvalue weighted by Gasteiger charge is -2.15. The maximum absolute atomic E-state index is 12.0. The van der Waals surface area contributed by atoms with E-state index in [1.54, 1.807) is 25.3 Å². The van der Waals surface area contributed by atoms with E-state index in [0.29, 0.717) is 23.5 Å². The first-order valence-corrected chi connectivity index (χ1v) is 8.28. The van der Waals surface area contributed by atoms with Crippen LogP contribution in [0.5, 0.6) is 11.5 Å². The maximum Gasteiger partial charge on any atom is 0.224 e. The predicted molar refractivity (Wildman–Crippen MR) is 96.5 cm³/mol. The van der Waals surface area contributed by atoms with Gasteiger partial charge in [-0.15, -0.1) is 0 Å². The average Bonchev–Trinajstić information content (AvgIpc) is 2.61. The summed E-state index contributed by atoms with van der Waals surface area (Å²) in [6, 6.07) is 12.5. The Morgan fingerprint density at radius 3 is 2.50 bits per heavy atom. The van der Waals surface area contributed by atoms with Crippen molar-refractivity contribution in [3.05, 3.63) is 52.5 Å². The molecule has 1 unspecified atom stereocenters. The highest BCUT2D eigenvalue weighted by Crippen LogP contribution is 2.31. The van der Waals surface area contributed by atoms with Crippen LogP contribution < -0.4 is 14.8 Å². The van der Waals surface area contributed by atoms with Crippen molar-refractivity contribution in [2.45, 2.75) is 18.9 Å². The van der Waals surface area contributed by atoms with Gasteiger partial charge in [-0.1, -0.05) is 15.9 Å². The summed E-state index contributed by atoms with van der Waals surface area (Å²) >= 11 is 3.34. The first-order chi connectivity index (χ1) is 11.5. The van der Waals surface area contributed by atoms with Crippen molar-refractivity contribution in [1.82, 2.24) is 0 Å². The van der Waals surface area contributed by atoms with Crippen molar-refractivity contribution in [2.75, 3.05) is 19.5 Å². The molecule has 1 atom stereocenters. The number of methoxy groups -OCH3 is 2. The molecule has 2 aromatic carbocycles. The summed E-state index contributed by atoms with van der Waals surface area (Å²) in [7, 11) is 3.10. The topological polar surface area (TPSA) is 67.8 Å². The van der Waals surface area contributed by atoms with Crippen molar-refractivity contribution in [3.63, 3.8) is 0 Å². The minimum Gasteiger partial charge on any atom is -0.497 e. The Hall–Kier alpha value is -2.05. The zero-order valence-corrected chi connectivity index (χ0v) is 15.2. The fraction of sp³-hybridized carbons (Fsp3) is 0.278. The molecule has 5 nitrogen and oxygen atoms in total. The molecule has 0 aliphatic rings. The summed E-state index contributed by atoms with van der Waals surface area (Å²) in [4.78, 5) is 12.0. The second kappa shape index (κ2) is 8.70. The number of nitrogens with one attached hydrogen (secondary N) is 1. The summed E-state index contributed by atoms with van der Waals surface area (Å²) in [5, 5.41) is 13.1. The van der Waals surface area contributed by atoms with Gasteiger partial charge in [0.2, 0.25) is 5.91 Å². The molecule has 24 heavy (non-hydrogen) atoms. The van der Waals surface area contributed by atoms with E-state index in [1.807, 2.05) is 24.3 Å². The van der Waals surface area contributed by atoms with Gasteiger partial charge in [0, 0.05) is 28.2 Å². The van der Waals surface area contributed by atoms with Gasteiger partial charge in [-0.2, -0.15) is 0 Å². The van der Waals surface area contributed by atoms with Gasteiger partial charge in [0.1, 0.15) is 11.5 Å². The van der Waals surface area contributed by atoms with E-state index < -0.39 is 6.10 Å². The van der Waals surface area contributed by atoms with Crippen molar-refractivity contribution in [1.29, 1.82) is 0 Å². The number of carbonyl (C=O) groups is 1. The number of hydrogen-bond acceptors (Lipinski definition) is 4. The van der Waals surface area contributed by atoms with Gasteiger partial charge in [-0.3, -0.25) is 4.79 Å². The molecular formula is C18H20BrNO4. The Labute approximate surface area is 149 Å². The minimum absolute atomic E-state index is 0.149. The van der Waals surface area contributed by atoms with E-state index in [-0.39, 0.29) is 12.3 Å². The fourth-order valence-corrected chi connectivity index (χ4v) is 2.54. The number of anilines is 1. The zero-order chi connectivity index (χ0) is 17.5. The molecule has 0 aromatic heterocycles. The van der Waals surface area contributed by atoms with Crippen LogP contribution in [0.15, 0.2) is 46.9 Å². The first-order valence-electron chi connectivity index (χ1n) is 7.49. The Bertz CT molecular complexity index is 688. The molecule has 0 spiro atoms. The highest BCUT2D eigenvalue weighted by Gasteiger charge is 2.16. The Balaban J connectivity index is 1.93. The molecule has 6 heteroatoms. The van der Waals surface area contributed by atoms with Crippen molar-refractivity contribution < 1.29 is 19.4 Å². The predicted octanol–water partition coefficient (Wildman–Crippen LogP) is 3.92. The molecule has 0 saturated heterocycles. The fourth-order valence-electron chi connectivity index (χ4n) is 2.27. The van der Waals surface area contributed by atoms with Crippen LogP contribution in [0.4, 0.5) is 5.69 Å². The van der Waals surface area contributed by atoms with Gasteiger partial charge >= 0.3 is 0 Å². The molecule has 2 rings (SSSR count). The lowest BCUT2D eigenvalue weighted by molar-refractivity contribution is -0.116. The SMILES string of the molecule is COc1ccc(C(O)CCC(=O)Nc2ccc(Br)cc2)c(OC)c1. The van der Waals surface area contributed by atoms with E-state index >= 15 is 0 Å². The van der Waals surface area contributed by atoms with Crippen molar-refractivity contribution in [2.24, 2.45) is 0 Å². The second-order valence-electron chi connectivity index (χ2n) is 5.22. The van der Waals surface area contributed by atoms with Crippen molar-refractivity contribution in [3.8, 4) is 11.5 Å². The van der Waals surface area contributed by atoms with E-state index in [4.69, 9.17) is 9.47 Å². The number of benzene rings is 2. The summed E-state index contributed by atoms with van der Waals surface area (Å²) < 4.78 is 11.4. The third-order valence-electron chi connectivity index (χ3n) is 3.57. The van der Waals surface area contributed by atoms with Crippen LogP contribution >= 0.6 is 15.9 Å². The standard InChI is InChI=1S/C18H20BrNO4/c1-23-14-7-8-15(17(11-14)24-2)16(21)9-10-18(22)20-13-5-3-12(19)4-6-13/h3-8,11,16,21H,9-10H2,1-2H3,(H,20,22). The van der Waals surface area contributed by atoms with Crippen LogP contribution in [0.25, 0.3) is 0 Å². The quantitative estimate of drug-likeness (QED) is 0.747. The maximum atomic E-state index is 12.0. The lowest BCUT2D eigenvalue weighted by Crippen LogP contribution is -2.13. The summed E-state index contributed by atoms with van der Waals surface area (Å²) in [5.74, 6) is 1.04. The van der Waals surface area contributed by atoms with Crippen LogP contribution in [0.2, 0.25) is 0 Å². The van der Waals surface area contributed by atoms with E-state index in [9.17, 15) is 9.90 Å². The molecule has 0 aliphatic heterocycles. The molecule has 0 saturated carbocycles. The number of amides is 1. The highest BCUT2D eigenvalue weighted by molar-refractivity contribution is 9.10. The molecule has 0 radical (unpaired) electrons. The van der Waals surface area contributed by atoms with Crippen LogP contribution in [0.3, 0.4) is 0 Å². The monoisotopic (exact) mass is 393 g/mol. The number of halogens is 1. The third-order valence-corrected chi connectivity index (χ3v) is 4.10. The molecule has 2 N–H and O–H groups in total. The Kier molecular flexibility index (Phi) is 6.63. The van der Waals surface area contributed by atoms with Gasteiger partial charge in [0.15, 0.2) is 0 Å². The number of rotatable bonds is 7. The van der Waals surface area contributed by atoms with E-state index in [2.05, 4.69) is 21.2 Å². The molecule has 128 valence electrons. The number of carbonyl (C=O) groups excluding carboxylic acids is 1. The Morgan fingerprint density at radius 1 is 1.17 bits per heavy atom. The molecule has 1 amide bonds. The van der Waals surface area contributed by atoms with Crippen LogP contribution in [0, 0.1) is 0 Å². The normalized spacial score (nSPS) is 11.7. The van der Waals surface area contributed by atoms with Gasteiger partial charge in [0.25, 0.3) is 0 Å². The molecule has 0 heterocycles. The smallest absolute Gasteiger partial charge is 0.224 e. The second-order valence-corrected chi connectivity index (χ2v) is 6.13. The van der Waals surface area contributed by atoms with Gasteiger partial charge < -0.3 is 19.9 Å². The summed E-state index contributed by atoms with van der Waals surface area (Å²) in [6.07, 6.45) is -0.293. The summed E-state index contributed by atoms with van der Waals surface area (Å²) in [6.45, 7) is 0. The summed E-state index contributed by atoms with van der Waals surface area (Å²) in [5.41, 5.74) is 1.36. The van der Waals surface area contributed by atoms with Crippen molar-refractivity contribution >= 4 is 27.5 Å². The van der Waals surface area contributed by atoms with E-state index in [1.165, 1.54) is 7.11 Å². The highest BCUT2D eigenvalue weighted by atomic mass is 79.9. The lowest BCUT2D eigenvalue weighted by atomic mass is 10.0. The van der Waals surface area contributed by atoms with Gasteiger partial charge in [0.05, 0.1) is 20.3 Å². The van der Waals surface area contributed by atoms with Crippen LogP contribution in [0.1, 0.15) is 24.5 Å². The van der Waals surface area contributed by atoms with Crippen LogP contribution in [-0.4, -0.2) is 25.2 Å². The molecule has 0 fully saturated rings. The van der Waals surface area contributed by atoms with E-state index in [0.717, 1.165) is 10.2 Å². The minimum atomic E-state index is -0.790. The van der Waals surface area contributed by atoms with Gasteiger partial charge in [-0.25, -0.2) is 0 Å². The number of aliphatic hydroxyl groups is 1. The molecule has 2 aromatic rings.